The number of carbonyl (C=O) groups excluding carboxylic acids is 1. The number of aryl methyl sites for hydroxylation is 2. The first-order chi connectivity index (χ1) is 18.1. The summed E-state index contributed by atoms with van der Waals surface area (Å²) in [6.07, 6.45) is 14.9. The second kappa shape index (κ2) is 15.3. The molecule has 0 aliphatic rings. The van der Waals surface area contributed by atoms with Crippen LogP contribution in [-0.4, -0.2) is 32.8 Å². The molecule has 1 unspecified atom stereocenters. The van der Waals surface area contributed by atoms with Crippen LogP contribution in [0.25, 0.3) is 26.4 Å². The molecule has 0 amide bonds. The van der Waals surface area contributed by atoms with Gasteiger partial charge in [-0.15, -0.1) is 21.7 Å². The first-order valence-corrected chi connectivity index (χ1v) is 14.8. The van der Waals surface area contributed by atoms with E-state index in [4.69, 9.17) is 10.5 Å². The summed E-state index contributed by atoms with van der Waals surface area (Å²) in [5, 5.41) is 3.75. The van der Waals surface area contributed by atoms with Crippen molar-refractivity contribution in [2.45, 2.75) is 58.9 Å². The molecule has 2 aromatic heterocycles. The van der Waals surface area contributed by atoms with Crippen LogP contribution in [0.3, 0.4) is 0 Å². The molecule has 1 aromatic carbocycles. The Morgan fingerprint density at radius 2 is 2.08 bits per heavy atom. The SMILES string of the molecule is CCCCn1c(CCC(C)CC/C=C(\SCC=O)c2ccncc2)nc2cc(N(N=[N+]=[N-])SC)ccc21. The zero-order chi connectivity index (χ0) is 26.5. The van der Waals surface area contributed by atoms with Crippen LogP contribution in [0, 0.1) is 5.92 Å². The number of pyridine rings is 1. The third kappa shape index (κ3) is 8.28. The number of rotatable bonds is 16. The zero-order valence-electron chi connectivity index (χ0n) is 21.8. The Balaban J connectivity index is 1.69. The number of hydrogen-bond donors (Lipinski definition) is 0. The molecule has 2 heterocycles. The van der Waals surface area contributed by atoms with Gasteiger partial charge in [-0.05, 0) is 66.7 Å². The summed E-state index contributed by atoms with van der Waals surface area (Å²) in [5.41, 5.74) is 12.8. The molecular formula is C27H35N7OS2. The Labute approximate surface area is 227 Å². The first-order valence-electron chi connectivity index (χ1n) is 12.7. The van der Waals surface area contributed by atoms with Gasteiger partial charge < -0.3 is 9.36 Å². The predicted octanol–water partition coefficient (Wildman–Crippen LogP) is 7.86. The number of unbranched alkanes of at least 4 members (excludes halogenated alkanes) is 1. The van der Waals surface area contributed by atoms with E-state index in [2.05, 4.69) is 45.7 Å². The highest BCUT2D eigenvalue weighted by Gasteiger charge is 2.16. The molecule has 0 bridgehead atoms. The summed E-state index contributed by atoms with van der Waals surface area (Å²) >= 11 is 2.94. The van der Waals surface area contributed by atoms with Gasteiger partial charge in [0.05, 0.1) is 28.7 Å². The van der Waals surface area contributed by atoms with E-state index >= 15 is 0 Å². The lowest BCUT2D eigenvalue weighted by Gasteiger charge is -2.13. The number of anilines is 1. The summed E-state index contributed by atoms with van der Waals surface area (Å²) in [7, 11) is 0. The van der Waals surface area contributed by atoms with E-state index in [1.807, 2.05) is 30.5 Å². The van der Waals surface area contributed by atoms with E-state index in [0.717, 1.165) is 84.4 Å². The number of thioether (sulfide) groups is 1. The fraction of sp³-hybridized carbons (Fsp3) is 0.444. The number of fused-ring (bicyclic) bond motifs is 1. The zero-order valence-corrected chi connectivity index (χ0v) is 23.4. The van der Waals surface area contributed by atoms with Crippen molar-refractivity contribution >= 4 is 51.6 Å². The van der Waals surface area contributed by atoms with Crippen LogP contribution >= 0.6 is 23.7 Å². The second-order valence-corrected chi connectivity index (χ2v) is 10.6. The van der Waals surface area contributed by atoms with Crippen LogP contribution in [0.5, 0.6) is 0 Å². The van der Waals surface area contributed by atoms with E-state index < -0.39 is 0 Å². The Bertz CT molecular complexity index is 1220. The van der Waals surface area contributed by atoms with Crippen LogP contribution in [0.1, 0.15) is 57.3 Å². The van der Waals surface area contributed by atoms with Crippen molar-refractivity contribution < 1.29 is 4.79 Å². The van der Waals surface area contributed by atoms with Gasteiger partial charge in [-0.3, -0.25) is 4.98 Å². The smallest absolute Gasteiger partial charge is 0.146 e. The molecule has 10 heteroatoms. The van der Waals surface area contributed by atoms with Gasteiger partial charge in [-0.2, -0.15) is 4.91 Å². The molecule has 0 aliphatic heterocycles. The lowest BCUT2D eigenvalue weighted by molar-refractivity contribution is -0.105. The topological polar surface area (TPSA) is 99.8 Å². The maximum atomic E-state index is 10.9. The van der Waals surface area contributed by atoms with E-state index in [1.54, 1.807) is 28.6 Å². The van der Waals surface area contributed by atoms with Gasteiger partial charge in [0.1, 0.15) is 17.8 Å². The van der Waals surface area contributed by atoms with Gasteiger partial charge in [-0.1, -0.05) is 26.3 Å². The Morgan fingerprint density at radius 1 is 1.27 bits per heavy atom. The minimum absolute atomic E-state index is 0.455. The molecule has 8 nitrogen and oxygen atoms in total. The van der Waals surface area contributed by atoms with Crippen molar-refractivity contribution in [1.29, 1.82) is 0 Å². The van der Waals surface area contributed by atoms with Crippen LogP contribution in [0.4, 0.5) is 5.69 Å². The first kappa shape index (κ1) is 28.6. The summed E-state index contributed by atoms with van der Waals surface area (Å²) in [4.78, 5) is 24.1. The van der Waals surface area contributed by atoms with Gasteiger partial charge in [0.2, 0.25) is 0 Å². The Hall–Kier alpha value is -2.94. The number of allylic oxidation sites excluding steroid dienone is 1. The molecule has 0 spiro atoms. The highest BCUT2D eigenvalue weighted by atomic mass is 32.2. The van der Waals surface area contributed by atoms with Crippen molar-refractivity contribution in [3.8, 4) is 0 Å². The van der Waals surface area contributed by atoms with Crippen molar-refractivity contribution in [1.82, 2.24) is 14.5 Å². The minimum atomic E-state index is 0.455. The van der Waals surface area contributed by atoms with E-state index in [9.17, 15) is 4.79 Å². The monoisotopic (exact) mass is 537 g/mol. The van der Waals surface area contributed by atoms with Crippen molar-refractivity contribution in [3.63, 3.8) is 0 Å². The molecule has 0 radical (unpaired) electrons. The standard InChI is InChI=1S/C27H35N7OS2/c1-4-5-17-33-25-11-10-23(34(36-3)32-31-28)20-24(25)30-27(33)12-9-21(2)7-6-8-26(37-19-18-35)22-13-15-29-16-14-22/h8,10-11,13-16,18,20-21H,4-7,9,12,17,19H2,1-3H3/b26-8-. The average molecular weight is 538 g/mol. The highest BCUT2D eigenvalue weighted by Crippen LogP contribution is 2.30. The number of azide groups is 1. The lowest BCUT2D eigenvalue weighted by Crippen LogP contribution is -2.06. The molecule has 3 rings (SSSR count). The third-order valence-electron chi connectivity index (χ3n) is 6.18. The second-order valence-electron chi connectivity index (χ2n) is 8.84. The maximum Gasteiger partial charge on any atom is 0.146 e. The molecule has 0 saturated carbocycles. The number of imidazole rings is 1. The molecule has 0 fully saturated rings. The van der Waals surface area contributed by atoms with Gasteiger partial charge in [0, 0.05) is 42.6 Å². The number of aldehydes is 1. The summed E-state index contributed by atoms with van der Waals surface area (Å²) in [5.74, 6) is 2.11. The molecule has 0 N–H and O–H groups in total. The van der Waals surface area contributed by atoms with Crippen LogP contribution in [0.15, 0.2) is 54.0 Å². The van der Waals surface area contributed by atoms with E-state index in [0.29, 0.717) is 11.7 Å². The third-order valence-corrected chi connectivity index (χ3v) is 7.83. The Morgan fingerprint density at radius 3 is 2.78 bits per heavy atom. The largest absolute Gasteiger partial charge is 0.328 e. The van der Waals surface area contributed by atoms with Crippen molar-refractivity contribution in [2.75, 3.05) is 16.4 Å². The van der Waals surface area contributed by atoms with Crippen LogP contribution < -0.4 is 4.41 Å². The van der Waals surface area contributed by atoms with Gasteiger partial charge in [0.15, 0.2) is 0 Å². The molecular weight excluding hydrogens is 502 g/mol. The number of nitrogens with zero attached hydrogens (tertiary/aromatic N) is 7. The summed E-state index contributed by atoms with van der Waals surface area (Å²) in [6, 6.07) is 10.0. The molecule has 0 aliphatic carbocycles. The van der Waals surface area contributed by atoms with Crippen molar-refractivity contribution in [3.05, 3.63) is 70.6 Å². The van der Waals surface area contributed by atoms with Crippen molar-refractivity contribution in [2.24, 2.45) is 11.1 Å². The Kier molecular flexibility index (Phi) is 11.9. The number of hydrogen-bond acceptors (Lipinski definition) is 6. The molecule has 196 valence electrons. The molecule has 0 saturated heterocycles. The fourth-order valence-corrected chi connectivity index (χ4v) is 5.41. The van der Waals surface area contributed by atoms with Gasteiger partial charge >= 0.3 is 0 Å². The number of aromatic nitrogens is 3. The van der Waals surface area contributed by atoms with Gasteiger partial charge in [0.25, 0.3) is 0 Å². The predicted molar refractivity (Wildman–Crippen MR) is 157 cm³/mol. The fourth-order valence-electron chi connectivity index (χ4n) is 4.19. The quantitative estimate of drug-likeness (QED) is 0.0460. The number of benzene rings is 1. The minimum Gasteiger partial charge on any atom is -0.328 e. The number of carbonyl (C=O) groups is 1. The molecule has 1 atom stereocenters. The highest BCUT2D eigenvalue weighted by molar-refractivity contribution is 8.08. The van der Waals surface area contributed by atoms with Crippen LogP contribution in [-0.2, 0) is 17.8 Å². The lowest BCUT2D eigenvalue weighted by atomic mass is 9.99. The average Bonchev–Trinajstić information content (AvgIpc) is 3.28. The van der Waals surface area contributed by atoms with E-state index in [1.165, 1.54) is 11.9 Å². The molecule has 3 aromatic rings. The maximum absolute atomic E-state index is 10.9. The van der Waals surface area contributed by atoms with E-state index in [-0.39, 0.29) is 0 Å². The van der Waals surface area contributed by atoms with Crippen LogP contribution in [0.2, 0.25) is 0 Å². The molecule has 37 heavy (non-hydrogen) atoms. The summed E-state index contributed by atoms with van der Waals surface area (Å²) in [6.45, 7) is 5.45. The van der Waals surface area contributed by atoms with Gasteiger partial charge in [-0.25, -0.2) is 4.98 Å². The normalized spacial score (nSPS) is 12.4. The summed E-state index contributed by atoms with van der Waals surface area (Å²) < 4.78 is 3.91.